The molecule has 1 aliphatic heterocycles. The van der Waals surface area contributed by atoms with Crippen LogP contribution < -0.4 is 5.32 Å². The molecule has 1 aliphatic rings. The molecule has 0 bridgehead atoms. The number of fused-ring (bicyclic) bond motifs is 1. The Morgan fingerprint density at radius 3 is 3.13 bits per heavy atom. The average Bonchev–Trinajstić information content (AvgIpc) is 2.53. The molecule has 0 saturated carbocycles. The third-order valence-electron chi connectivity index (χ3n) is 2.64. The molecule has 0 saturated heterocycles. The lowest BCUT2D eigenvalue weighted by Gasteiger charge is -2.12. The van der Waals surface area contributed by atoms with Crippen molar-refractivity contribution >= 4 is 5.97 Å². The summed E-state index contributed by atoms with van der Waals surface area (Å²) in [5, 5.41) is 19.9. The van der Waals surface area contributed by atoms with Crippen molar-refractivity contribution in [3.05, 3.63) is 11.6 Å². The zero-order valence-corrected chi connectivity index (χ0v) is 8.60. The average molecular weight is 210 g/mol. The first-order chi connectivity index (χ1) is 7.24. The SMILES string of the molecule is CC[C@H]1NCCCn2c(C(=O)O)nnc21. The predicted molar refractivity (Wildman–Crippen MR) is 52.6 cm³/mol. The Labute approximate surface area is 87.3 Å². The van der Waals surface area contributed by atoms with Crippen molar-refractivity contribution in [2.24, 2.45) is 0 Å². The van der Waals surface area contributed by atoms with Gasteiger partial charge in [0.15, 0.2) is 5.82 Å². The van der Waals surface area contributed by atoms with Gasteiger partial charge in [-0.05, 0) is 19.4 Å². The van der Waals surface area contributed by atoms with Gasteiger partial charge in [-0.15, -0.1) is 10.2 Å². The molecule has 0 aliphatic carbocycles. The number of nitrogens with one attached hydrogen (secondary N) is 1. The maximum absolute atomic E-state index is 10.9. The highest BCUT2D eigenvalue weighted by Crippen LogP contribution is 2.18. The summed E-state index contributed by atoms with van der Waals surface area (Å²) in [7, 11) is 0. The van der Waals surface area contributed by atoms with Gasteiger partial charge in [-0.25, -0.2) is 4.79 Å². The standard InChI is InChI=1S/C9H14N4O2/c1-2-6-7-11-12-8(9(14)15)13(7)5-3-4-10-6/h6,10H,2-5H2,1H3,(H,14,15)/t6-/m1/s1. The third-order valence-corrected chi connectivity index (χ3v) is 2.64. The molecule has 0 unspecified atom stereocenters. The van der Waals surface area contributed by atoms with Crippen LogP contribution in [0.1, 0.15) is 42.3 Å². The van der Waals surface area contributed by atoms with Crippen LogP contribution >= 0.6 is 0 Å². The smallest absolute Gasteiger partial charge is 0.374 e. The predicted octanol–water partition coefficient (Wildman–Crippen LogP) is 0.421. The largest absolute Gasteiger partial charge is 0.475 e. The second kappa shape index (κ2) is 3.98. The molecule has 1 aromatic heterocycles. The number of carboxylic acids is 1. The van der Waals surface area contributed by atoms with E-state index >= 15 is 0 Å². The Bertz CT molecular complexity index is 374. The minimum absolute atomic E-state index is 0.0483. The van der Waals surface area contributed by atoms with E-state index in [4.69, 9.17) is 5.11 Å². The molecule has 2 N–H and O–H groups in total. The fourth-order valence-electron chi connectivity index (χ4n) is 1.88. The van der Waals surface area contributed by atoms with E-state index in [1.165, 1.54) is 0 Å². The van der Waals surface area contributed by atoms with Crippen LogP contribution in [-0.2, 0) is 6.54 Å². The van der Waals surface area contributed by atoms with Gasteiger partial charge < -0.3 is 15.0 Å². The first-order valence-corrected chi connectivity index (χ1v) is 5.13. The lowest BCUT2D eigenvalue weighted by molar-refractivity contribution is 0.0677. The van der Waals surface area contributed by atoms with Crippen molar-refractivity contribution in [2.75, 3.05) is 6.54 Å². The number of rotatable bonds is 2. The van der Waals surface area contributed by atoms with E-state index in [0.29, 0.717) is 6.54 Å². The molecule has 1 atom stereocenters. The fraction of sp³-hybridized carbons (Fsp3) is 0.667. The molecular formula is C9H14N4O2. The molecule has 2 rings (SSSR count). The normalized spacial score (nSPS) is 20.7. The van der Waals surface area contributed by atoms with Crippen molar-refractivity contribution in [1.29, 1.82) is 0 Å². The van der Waals surface area contributed by atoms with Gasteiger partial charge in [0.25, 0.3) is 0 Å². The van der Waals surface area contributed by atoms with Crippen LogP contribution in [0.3, 0.4) is 0 Å². The van der Waals surface area contributed by atoms with Crippen LogP contribution in [0.15, 0.2) is 0 Å². The molecule has 0 aromatic carbocycles. The van der Waals surface area contributed by atoms with Gasteiger partial charge in [0.2, 0.25) is 5.82 Å². The molecule has 2 heterocycles. The number of aromatic nitrogens is 3. The van der Waals surface area contributed by atoms with Gasteiger partial charge in [-0.3, -0.25) is 0 Å². The van der Waals surface area contributed by atoms with Crippen molar-refractivity contribution in [1.82, 2.24) is 20.1 Å². The Morgan fingerprint density at radius 1 is 1.67 bits per heavy atom. The van der Waals surface area contributed by atoms with Crippen LogP contribution in [0, 0.1) is 0 Å². The molecule has 0 radical (unpaired) electrons. The Morgan fingerprint density at radius 2 is 2.47 bits per heavy atom. The molecule has 0 spiro atoms. The van der Waals surface area contributed by atoms with E-state index < -0.39 is 5.97 Å². The number of nitrogens with zero attached hydrogens (tertiary/aromatic N) is 3. The van der Waals surface area contributed by atoms with Gasteiger partial charge >= 0.3 is 5.97 Å². The molecule has 6 nitrogen and oxygen atoms in total. The van der Waals surface area contributed by atoms with Crippen molar-refractivity contribution in [3.63, 3.8) is 0 Å². The highest BCUT2D eigenvalue weighted by molar-refractivity contribution is 5.83. The quantitative estimate of drug-likeness (QED) is 0.739. The summed E-state index contributed by atoms with van der Waals surface area (Å²) in [6, 6.07) is 0.119. The zero-order chi connectivity index (χ0) is 10.8. The molecule has 15 heavy (non-hydrogen) atoms. The first-order valence-electron chi connectivity index (χ1n) is 5.13. The molecule has 6 heteroatoms. The van der Waals surface area contributed by atoms with Crippen LogP contribution in [0.2, 0.25) is 0 Å². The number of hydrogen-bond donors (Lipinski definition) is 2. The summed E-state index contributed by atoms with van der Waals surface area (Å²) in [4.78, 5) is 10.9. The summed E-state index contributed by atoms with van der Waals surface area (Å²) in [6.07, 6.45) is 1.79. The van der Waals surface area contributed by atoms with E-state index in [1.807, 2.05) is 6.92 Å². The van der Waals surface area contributed by atoms with Crippen LogP contribution in [-0.4, -0.2) is 32.4 Å². The van der Waals surface area contributed by atoms with Gasteiger partial charge in [0.1, 0.15) is 0 Å². The molecule has 82 valence electrons. The van der Waals surface area contributed by atoms with Crippen molar-refractivity contribution in [3.8, 4) is 0 Å². The minimum Gasteiger partial charge on any atom is -0.475 e. The van der Waals surface area contributed by atoms with Crippen molar-refractivity contribution < 1.29 is 9.90 Å². The van der Waals surface area contributed by atoms with Gasteiger partial charge in [0.05, 0.1) is 6.04 Å². The van der Waals surface area contributed by atoms with Gasteiger partial charge in [-0.2, -0.15) is 0 Å². The van der Waals surface area contributed by atoms with Crippen LogP contribution in [0.25, 0.3) is 0 Å². The summed E-state index contributed by atoms with van der Waals surface area (Å²) in [6.45, 7) is 3.61. The Balaban J connectivity index is 2.42. The first kappa shape index (κ1) is 10.1. The van der Waals surface area contributed by atoms with Gasteiger partial charge in [0, 0.05) is 6.54 Å². The summed E-state index contributed by atoms with van der Waals surface area (Å²) < 4.78 is 1.70. The lowest BCUT2D eigenvalue weighted by Crippen LogP contribution is -2.21. The van der Waals surface area contributed by atoms with Crippen LogP contribution in [0.4, 0.5) is 0 Å². The zero-order valence-electron chi connectivity index (χ0n) is 8.60. The topological polar surface area (TPSA) is 80.0 Å². The maximum atomic E-state index is 10.9. The van der Waals surface area contributed by atoms with Crippen molar-refractivity contribution in [2.45, 2.75) is 32.4 Å². The Kier molecular flexibility index (Phi) is 2.68. The van der Waals surface area contributed by atoms with E-state index in [-0.39, 0.29) is 11.9 Å². The number of carbonyl (C=O) groups is 1. The summed E-state index contributed by atoms with van der Waals surface area (Å²) in [5.41, 5.74) is 0. The fourth-order valence-corrected chi connectivity index (χ4v) is 1.88. The molecular weight excluding hydrogens is 196 g/mol. The highest BCUT2D eigenvalue weighted by Gasteiger charge is 2.24. The molecule has 1 aromatic rings. The minimum atomic E-state index is -1.01. The highest BCUT2D eigenvalue weighted by atomic mass is 16.4. The van der Waals surface area contributed by atoms with E-state index in [9.17, 15) is 4.79 Å². The number of carboxylic acid groups (broad SMARTS) is 1. The van der Waals surface area contributed by atoms with E-state index in [0.717, 1.165) is 25.2 Å². The van der Waals surface area contributed by atoms with E-state index in [1.54, 1.807) is 4.57 Å². The second-order valence-corrected chi connectivity index (χ2v) is 3.61. The summed E-state index contributed by atoms with van der Waals surface area (Å²) >= 11 is 0. The second-order valence-electron chi connectivity index (χ2n) is 3.61. The van der Waals surface area contributed by atoms with Crippen LogP contribution in [0.5, 0.6) is 0 Å². The molecule has 0 amide bonds. The number of aromatic carboxylic acids is 1. The monoisotopic (exact) mass is 210 g/mol. The lowest BCUT2D eigenvalue weighted by atomic mass is 10.2. The van der Waals surface area contributed by atoms with E-state index in [2.05, 4.69) is 15.5 Å². The summed E-state index contributed by atoms with van der Waals surface area (Å²) in [5.74, 6) is -0.218. The number of hydrogen-bond acceptors (Lipinski definition) is 4. The van der Waals surface area contributed by atoms with Gasteiger partial charge in [-0.1, -0.05) is 6.92 Å². The molecule has 0 fully saturated rings. The Hall–Kier alpha value is -1.43. The maximum Gasteiger partial charge on any atom is 0.374 e. The third kappa shape index (κ3) is 1.72.